The fraction of sp³-hybridized carbons (Fsp3) is 0.467. The topological polar surface area (TPSA) is 25.2 Å². The number of alkyl halides is 2. The number of rotatable bonds is 3. The van der Waals surface area contributed by atoms with Gasteiger partial charge in [0.1, 0.15) is 11.5 Å². The van der Waals surface area contributed by atoms with Crippen LogP contribution in [-0.4, -0.2) is 17.1 Å². The first-order valence-corrected chi connectivity index (χ1v) is 12.9. The number of hydrogen-bond donors (Lipinski definition) is 0. The number of hydrogen-bond acceptors (Lipinski definition) is 2. The number of pyridine rings is 1. The van der Waals surface area contributed by atoms with E-state index in [1.54, 1.807) is 12.1 Å². The first kappa shape index (κ1) is 26.9. The molecule has 0 amide bonds. The highest BCUT2D eigenvalue weighted by atomic mass is 19.3. The van der Waals surface area contributed by atoms with Gasteiger partial charge in [0.15, 0.2) is 0 Å². The molecule has 2 heterocycles. The molecule has 1 fully saturated rings. The van der Waals surface area contributed by atoms with E-state index in [0.717, 1.165) is 52.7 Å². The summed E-state index contributed by atoms with van der Waals surface area (Å²) in [6.07, 6.45) is 10.2. The van der Waals surface area contributed by atoms with E-state index in [2.05, 4.69) is 41.7 Å². The van der Waals surface area contributed by atoms with Gasteiger partial charge in [0, 0.05) is 23.6 Å². The van der Waals surface area contributed by atoms with Crippen LogP contribution in [0.15, 0.2) is 41.9 Å². The Morgan fingerprint density at radius 2 is 1.71 bits per heavy atom. The van der Waals surface area contributed by atoms with Gasteiger partial charge in [0.25, 0.3) is 0 Å². The molecule has 188 valence electrons. The number of fused-ring (bicyclic) bond motifs is 2. The summed E-state index contributed by atoms with van der Waals surface area (Å²) in [5, 5.41) is 0. The molecule has 1 saturated carbocycles. The molecule has 0 saturated heterocycles. The second-order valence-electron chi connectivity index (χ2n) is 9.15. The van der Waals surface area contributed by atoms with E-state index in [0.29, 0.717) is 11.6 Å². The predicted octanol–water partition coefficient (Wildman–Crippen LogP) is 9.31. The SMILES string of the molecule is C=Cc1ccc2c(n1)CC=C2c1cc(F)c2c(c1)C(C1CCCCCC1)C(C)=N2.CC.CC(F)F. The summed E-state index contributed by atoms with van der Waals surface area (Å²) < 4.78 is 35.8. The number of allylic oxidation sites excluding steroid dienone is 1. The predicted molar refractivity (Wildman–Crippen MR) is 141 cm³/mol. The Balaban J connectivity index is 0.000000521. The molecule has 0 N–H and O–H groups in total. The number of benzene rings is 1. The van der Waals surface area contributed by atoms with Crippen molar-refractivity contribution in [3.8, 4) is 0 Å². The minimum atomic E-state index is -2.17. The Labute approximate surface area is 208 Å². The van der Waals surface area contributed by atoms with Crippen LogP contribution < -0.4 is 0 Å². The zero-order valence-corrected chi connectivity index (χ0v) is 21.4. The van der Waals surface area contributed by atoms with E-state index in [-0.39, 0.29) is 11.7 Å². The van der Waals surface area contributed by atoms with Crippen LogP contribution >= 0.6 is 0 Å². The monoisotopic (exact) mass is 482 g/mol. The zero-order valence-electron chi connectivity index (χ0n) is 21.4. The highest BCUT2D eigenvalue weighted by Gasteiger charge is 2.34. The molecule has 2 aliphatic carbocycles. The lowest BCUT2D eigenvalue weighted by Crippen LogP contribution is -2.17. The molecule has 1 atom stereocenters. The third-order valence-corrected chi connectivity index (χ3v) is 6.84. The summed E-state index contributed by atoms with van der Waals surface area (Å²) in [6, 6.07) is 7.94. The van der Waals surface area contributed by atoms with Crippen molar-refractivity contribution in [1.82, 2.24) is 4.98 Å². The highest BCUT2D eigenvalue weighted by molar-refractivity contribution is 5.97. The molecule has 1 unspecified atom stereocenters. The van der Waals surface area contributed by atoms with Crippen LogP contribution in [0.3, 0.4) is 0 Å². The molecule has 2 aromatic rings. The van der Waals surface area contributed by atoms with Gasteiger partial charge in [-0.2, -0.15) is 0 Å². The number of nitrogens with zero attached hydrogens (tertiary/aromatic N) is 2. The van der Waals surface area contributed by atoms with E-state index in [1.165, 1.54) is 38.5 Å². The molecule has 0 spiro atoms. The molecule has 1 aromatic carbocycles. The van der Waals surface area contributed by atoms with Gasteiger partial charge in [-0.15, -0.1) is 0 Å². The fourth-order valence-corrected chi connectivity index (χ4v) is 5.46. The van der Waals surface area contributed by atoms with E-state index in [9.17, 15) is 8.78 Å². The summed E-state index contributed by atoms with van der Waals surface area (Å²) >= 11 is 0. The van der Waals surface area contributed by atoms with Gasteiger partial charge in [-0.1, -0.05) is 58.3 Å². The van der Waals surface area contributed by atoms with Gasteiger partial charge in [-0.25, -0.2) is 13.2 Å². The van der Waals surface area contributed by atoms with Crippen LogP contribution in [0.5, 0.6) is 0 Å². The number of aromatic nitrogens is 1. The third-order valence-electron chi connectivity index (χ3n) is 6.84. The molecule has 5 rings (SSSR count). The number of halogens is 3. The average Bonchev–Trinajstić information content (AvgIpc) is 3.29. The third kappa shape index (κ3) is 6.12. The van der Waals surface area contributed by atoms with E-state index >= 15 is 4.39 Å². The normalized spacial score (nSPS) is 18.8. The van der Waals surface area contributed by atoms with Crippen LogP contribution in [-0.2, 0) is 6.42 Å². The molecule has 1 aromatic heterocycles. The van der Waals surface area contributed by atoms with Gasteiger partial charge in [0.05, 0.1) is 11.4 Å². The Hall–Kier alpha value is -2.69. The average molecular weight is 483 g/mol. The van der Waals surface area contributed by atoms with Crippen molar-refractivity contribution in [3.63, 3.8) is 0 Å². The fourth-order valence-electron chi connectivity index (χ4n) is 5.46. The van der Waals surface area contributed by atoms with E-state index in [4.69, 9.17) is 0 Å². The molecule has 1 aliphatic heterocycles. The minimum absolute atomic E-state index is 0.196. The molecule has 5 heteroatoms. The first-order chi connectivity index (χ1) is 16.9. The second kappa shape index (κ2) is 12.3. The lowest BCUT2D eigenvalue weighted by molar-refractivity contribution is 0.171. The van der Waals surface area contributed by atoms with Crippen molar-refractivity contribution in [2.45, 2.75) is 85.0 Å². The number of aliphatic imine (C=N–C) groups is 1. The van der Waals surface area contributed by atoms with Crippen LogP contribution in [0, 0.1) is 11.7 Å². The maximum Gasteiger partial charge on any atom is 0.235 e. The molecular weight excluding hydrogens is 445 g/mol. The van der Waals surface area contributed by atoms with Crippen LogP contribution in [0.1, 0.15) is 100 Å². The Kier molecular flexibility index (Phi) is 9.47. The van der Waals surface area contributed by atoms with Gasteiger partial charge in [0.2, 0.25) is 6.43 Å². The van der Waals surface area contributed by atoms with Crippen molar-refractivity contribution in [2.75, 3.05) is 0 Å². The second-order valence-corrected chi connectivity index (χ2v) is 9.15. The lowest BCUT2D eigenvalue weighted by Gasteiger charge is -2.24. The van der Waals surface area contributed by atoms with Crippen molar-refractivity contribution in [2.24, 2.45) is 10.9 Å². The largest absolute Gasteiger partial charge is 0.254 e. The molecule has 35 heavy (non-hydrogen) atoms. The smallest absolute Gasteiger partial charge is 0.235 e. The highest BCUT2D eigenvalue weighted by Crippen LogP contribution is 2.47. The van der Waals surface area contributed by atoms with Crippen molar-refractivity contribution < 1.29 is 13.2 Å². The summed E-state index contributed by atoms with van der Waals surface area (Å²) in [4.78, 5) is 9.34. The van der Waals surface area contributed by atoms with Gasteiger partial charge in [-0.3, -0.25) is 9.98 Å². The molecule has 3 aliphatic rings. The maximum absolute atomic E-state index is 15.1. The molecule has 2 nitrogen and oxygen atoms in total. The summed E-state index contributed by atoms with van der Waals surface area (Å²) in [7, 11) is 0. The quantitative estimate of drug-likeness (QED) is 0.400. The first-order valence-electron chi connectivity index (χ1n) is 12.9. The lowest BCUT2D eigenvalue weighted by atomic mass is 9.79. The van der Waals surface area contributed by atoms with Crippen molar-refractivity contribution in [3.05, 3.63) is 70.8 Å². The van der Waals surface area contributed by atoms with Gasteiger partial charge >= 0.3 is 0 Å². The van der Waals surface area contributed by atoms with Crippen molar-refractivity contribution in [1.29, 1.82) is 0 Å². The Bertz CT molecular complexity index is 1090. The summed E-state index contributed by atoms with van der Waals surface area (Å²) in [5.41, 5.74) is 7.83. The summed E-state index contributed by atoms with van der Waals surface area (Å²) in [5.74, 6) is 0.650. The summed E-state index contributed by atoms with van der Waals surface area (Å²) in [6.45, 7) is 10.7. The standard InChI is InChI=1S/C26H27FN2.C2H4F2.C2H6/c1-3-19-10-11-21-20(12-13-24(21)29-19)18-14-22-25(17-8-6-4-5-7-9-17)16(2)28-26(22)23(27)15-18;1-2(3)4;1-2/h3,10-12,14-15,17,25H,1,4-9,13H2,2H3;2H,1H3;1-2H3. The van der Waals surface area contributed by atoms with E-state index in [1.807, 2.05) is 19.9 Å². The molecular formula is C30H37F3N2. The Morgan fingerprint density at radius 3 is 2.34 bits per heavy atom. The molecule has 0 radical (unpaired) electrons. The minimum Gasteiger partial charge on any atom is -0.254 e. The zero-order chi connectivity index (χ0) is 25.5. The van der Waals surface area contributed by atoms with E-state index < -0.39 is 6.43 Å². The maximum atomic E-state index is 15.1. The van der Waals surface area contributed by atoms with Gasteiger partial charge < -0.3 is 0 Å². The van der Waals surface area contributed by atoms with Crippen LogP contribution in [0.2, 0.25) is 0 Å². The van der Waals surface area contributed by atoms with Gasteiger partial charge in [-0.05, 0) is 73.6 Å². The molecule has 0 bridgehead atoms. The van der Waals surface area contributed by atoms with Crippen LogP contribution in [0.4, 0.5) is 18.9 Å². The van der Waals surface area contributed by atoms with Crippen LogP contribution in [0.25, 0.3) is 11.6 Å². The Morgan fingerprint density at radius 1 is 1.06 bits per heavy atom. The van der Waals surface area contributed by atoms with Crippen molar-refractivity contribution >= 4 is 23.0 Å².